The number of anilines is 2. The zero-order valence-corrected chi connectivity index (χ0v) is 20.2. The number of amides is 1. The number of benzene rings is 3. The van der Waals surface area contributed by atoms with Gasteiger partial charge in [-0.1, -0.05) is 15.9 Å². The third kappa shape index (κ3) is 4.84. The maximum atomic E-state index is 12.9. The van der Waals surface area contributed by atoms with Gasteiger partial charge in [0.15, 0.2) is 11.5 Å². The minimum absolute atomic E-state index is 0.0614. The van der Waals surface area contributed by atoms with Gasteiger partial charge < -0.3 is 15.2 Å². The summed E-state index contributed by atoms with van der Waals surface area (Å²) in [5, 5.41) is 13.1. The van der Waals surface area contributed by atoms with Crippen molar-refractivity contribution in [1.82, 2.24) is 0 Å². The topological polar surface area (TPSA) is 105 Å². The number of ether oxygens (including phenoxy) is 1. The summed E-state index contributed by atoms with van der Waals surface area (Å²) in [5.74, 6) is -0.557. The van der Waals surface area contributed by atoms with Crippen LogP contribution < -0.4 is 14.8 Å². The molecule has 1 aliphatic rings. The number of rotatable bonds is 5. The number of fused-ring (bicyclic) bond motifs is 1. The number of carbonyl (C=O) groups is 1. The molecule has 3 aromatic carbocycles. The first-order valence-electron chi connectivity index (χ1n) is 9.84. The Morgan fingerprint density at radius 3 is 2.40 bits per heavy atom. The first-order valence-corrected chi connectivity index (χ1v) is 12.1. The lowest BCUT2D eigenvalue weighted by molar-refractivity contribution is -0.137. The Morgan fingerprint density at radius 1 is 1.09 bits per heavy atom. The molecule has 0 unspecified atom stereocenters. The van der Waals surface area contributed by atoms with Crippen LogP contribution in [0.15, 0.2) is 64.0 Å². The number of alkyl halides is 3. The minimum Gasteiger partial charge on any atom is -0.504 e. The molecule has 0 fully saturated rings. The number of phenolic OH excluding ortho intramolecular Hbond substituents is 1. The number of hydrogen-bond donors (Lipinski definition) is 3. The molecular weight excluding hydrogens is 553 g/mol. The summed E-state index contributed by atoms with van der Waals surface area (Å²) < 4.78 is 71.9. The number of nitrogens with one attached hydrogen (secondary N) is 2. The molecule has 182 valence electrons. The number of aromatic hydroxyl groups is 1. The maximum Gasteiger partial charge on any atom is 0.416 e. The fraction of sp³-hybridized carbons (Fsp3) is 0.0870. The summed E-state index contributed by atoms with van der Waals surface area (Å²) in [4.78, 5) is 12.4. The third-order valence-electron chi connectivity index (χ3n) is 5.18. The predicted molar refractivity (Wildman–Crippen MR) is 128 cm³/mol. The smallest absolute Gasteiger partial charge is 0.416 e. The molecule has 1 amide bonds. The van der Waals surface area contributed by atoms with Crippen molar-refractivity contribution in [1.29, 1.82) is 0 Å². The molecule has 0 aromatic heterocycles. The van der Waals surface area contributed by atoms with Gasteiger partial charge in [-0.25, -0.2) is 8.42 Å². The summed E-state index contributed by atoms with van der Waals surface area (Å²) in [6.07, 6.45) is -3.16. The minimum atomic E-state index is -4.55. The number of sulfonamides is 1. The second-order valence-corrected chi connectivity index (χ2v) is 9.95. The van der Waals surface area contributed by atoms with Crippen LogP contribution in [0.25, 0.3) is 11.6 Å². The number of methoxy groups -OCH3 is 1. The summed E-state index contributed by atoms with van der Waals surface area (Å²) in [6.45, 7) is 0. The lowest BCUT2D eigenvalue weighted by atomic mass is 10.0. The van der Waals surface area contributed by atoms with Crippen molar-refractivity contribution in [3.63, 3.8) is 0 Å². The molecule has 0 bridgehead atoms. The van der Waals surface area contributed by atoms with E-state index in [0.717, 1.165) is 24.3 Å². The van der Waals surface area contributed by atoms with Crippen molar-refractivity contribution >= 4 is 54.9 Å². The maximum absolute atomic E-state index is 12.9. The molecule has 3 aromatic rings. The van der Waals surface area contributed by atoms with Crippen LogP contribution in [0.4, 0.5) is 24.5 Å². The van der Waals surface area contributed by atoms with Gasteiger partial charge in [0.05, 0.1) is 17.6 Å². The second kappa shape index (κ2) is 8.93. The van der Waals surface area contributed by atoms with E-state index in [1.165, 1.54) is 37.5 Å². The number of halogens is 4. The molecule has 0 saturated carbocycles. The van der Waals surface area contributed by atoms with E-state index in [9.17, 15) is 31.5 Å². The van der Waals surface area contributed by atoms with Crippen molar-refractivity contribution in [3.8, 4) is 11.5 Å². The lowest BCUT2D eigenvalue weighted by Gasteiger charge is -2.11. The van der Waals surface area contributed by atoms with Crippen molar-refractivity contribution in [2.24, 2.45) is 0 Å². The van der Waals surface area contributed by atoms with Crippen molar-refractivity contribution in [3.05, 3.63) is 75.8 Å². The van der Waals surface area contributed by atoms with Gasteiger partial charge in [-0.05, 0) is 60.7 Å². The third-order valence-corrected chi connectivity index (χ3v) is 7.25. The average Bonchev–Trinajstić information content (AvgIpc) is 3.10. The molecular formula is C23H16BrF3N2O5S. The van der Waals surface area contributed by atoms with Gasteiger partial charge in [0, 0.05) is 32.5 Å². The van der Waals surface area contributed by atoms with Crippen molar-refractivity contribution in [2.75, 3.05) is 17.1 Å². The van der Waals surface area contributed by atoms with Crippen LogP contribution in [0.3, 0.4) is 0 Å². The Balaban J connectivity index is 1.71. The van der Waals surface area contributed by atoms with Crippen LogP contribution in [0, 0.1) is 0 Å². The average molecular weight is 569 g/mol. The van der Waals surface area contributed by atoms with E-state index in [-0.39, 0.29) is 38.8 Å². The Kier molecular flexibility index (Phi) is 6.28. The molecule has 0 saturated heterocycles. The summed E-state index contributed by atoms with van der Waals surface area (Å²) in [7, 11) is -2.83. The molecule has 3 N–H and O–H groups in total. The Labute approximate surface area is 206 Å². The fourth-order valence-electron chi connectivity index (χ4n) is 3.43. The van der Waals surface area contributed by atoms with Gasteiger partial charge in [0.1, 0.15) is 0 Å². The van der Waals surface area contributed by atoms with Crippen molar-refractivity contribution in [2.45, 2.75) is 11.1 Å². The standard InChI is InChI=1S/C23H16BrF3N2O5S/c1-34-20-9-7-18(24)17(21(20)30)11-16-15-10-14(6-8-19(15)28-22(16)31)35(32,33)29-13-4-2-12(3-5-13)23(25,26)27/h2-11,29-30H,1H3,(H,28,31). The summed E-state index contributed by atoms with van der Waals surface area (Å²) in [5.41, 5.74) is -0.0139. The highest BCUT2D eigenvalue weighted by Gasteiger charge is 2.31. The van der Waals surface area contributed by atoms with Crippen LogP contribution in [0.1, 0.15) is 16.7 Å². The van der Waals surface area contributed by atoms with Crippen LogP contribution in [-0.4, -0.2) is 26.5 Å². The Hall–Kier alpha value is -3.51. The zero-order chi connectivity index (χ0) is 25.5. The molecule has 35 heavy (non-hydrogen) atoms. The van der Waals surface area contributed by atoms with E-state index in [2.05, 4.69) is 26.0 Å². The SMILES string of the molecule is COc1ccc(Br)c(C=C2C(=O)Nc3ccc(S(=O)(=O)Nc4ccc(C(F)(F)F)cc4)cc32)c1O. The van der Waals surface area contributed by atoms with Gasteiger partial charge in [-0.3, -0.25) is 9.52 Å². The summed E-state index contributed by atoms with van der Waals surface area (Å²) >= 11 is 3.31. The van der Waals surface area contributed by atoms with E-state index >= 15 is 0 Å². The van der Waals surface area contributed by atoms with E-state index in [1.54, 1.807) is 6.07 Å². The quantitative estimate of drug-likeness (QED) is 0.354. The van der Waals surface area contributed by atoms with E-state index in [1.807, 2.05) is 0 Å². The van der Waals surface area contributed by atoms with Crippen molar-refractivity contribution < 1.29 is 36.2 Å². The highest BCUT2D eigenvalue weighted by atomic mass is 79.9. The van der Waals surface area contributed by atoms with Gasteiger partial charge in [-0.15, -0.1) is 0 Å². The normalized spacial score (nSPS) is 14.5. The molecule has 1 heterocycles. The molecule has 7 nitrogen and oxygen atoms in total. The van der Waals surface area contributed by atoms with Crippen LogP contribution in [0.5, 0.6) is 11.5 Å². The van der Waals surface area contributed by atoms with Gasteiger partial charge in [-0.2, -0.15) is 13.2 Å². The number of hydrogen-bond acceptors (Lipinski definition) is 5. The van der Waals surface area contributed by atoms with Gasteiger partial charge in [0.2, 0.25) is 0 Å². The lowest BCUT2D eigenvalue weighted by Crippen LogP contribution is -2.13. The fourth-order valence-corrected chi connectivity index (χ4v) is 4.95. The molecule has 1 aliphatic heterocycles. The Morgan fingerprint density at radius 2 is 1.77 bits per heavy atom. The molecule has 0 aliphatic carbocycles. The highest BCUT2D eigenvalue weighted by molar-refractivity contribution is 9.10. The largest absolute Gasteiger partial charge is 0.504 e. The Bertz CT molecular complexity index is 1470. The molecule has 0 atom stereocenters. The zero-order valence-electron chi connectivity index (χ0n) is 17.8. The van der Waals surface area contributed by atoms with Crippen LogP contribution >= 0.6 is 15.9 Å². The molecule has 12 heteroatoms. The van der Waals surface area contributed by atoms with Gasteiger partial charge >= 0.3 is 6.18 Å². The first-order chi connectivity index (χ1) is 16.4. The van der Waals surface area contributed by atoms with E-state index < -0.39 is 27.7 Å². The molecule has 0 radical (unpaired) electrons. The number of phenols is 1. The molecule has 0 spiro atoms. The summed E-state index contributed by atoms with van der Waals surface area (Å²) in [6, 6.07) is 10.6. The monoisotopic (exact) mass is 568 g/mol. The van der Waals surface area contributed by atoms with Crippen LogP contribution in [0.2, 0.25) is 0 Å². The number of carbonyl (C=O) groups excluding carboxylic acids is 1. The first kappa shape index (κ1) is 24.6. The van der Waals surface area contributed by atoms with E-state index in [4.69, 9.17) is 4.74 Å². The van der Waals surface area contributed by atoms with Gasteiger partial charge in [0.25, 0.3) is 15.9 Å². The van der Waals surface area contributed by atoms with E-state index in [0.29, 0.717) is 10.2 Å². The van der Waals surface area contributed by atoms with Crippen LogP contribution in [-0.2, 0) is 21.0 Å². The molecule has 4 rings (SSSR count). The highest BCUT2D eigenvalue weighted by Crippen LogP contribution is 2.41. The predicted octanol–water partition coefficient (Wildman–Crippen LogP) is 5.48. The second-order valence-electron chi connectivity index (χ2n) is 7.41.